The fourth-order valence-electron chi connectivity index (χ4n) is 3.40. The molecule has 0 radical (unpaired) electrons. The van der Waals surface area contributed by atoms with E-state index in [9.17, 15) is 9.59 Å². The van der Waals surface area contributed by atoms with E-state index in [1.807, 2.05) is 70.2 Å². The highest BCUT2D eigenvalue weighted by Crippen LogP contribution is 2.22. The molecule has 0 aliphatic carbocycles. The first-order valence-corrected chi connectivity index (χ1v) is 12.2. The van der Waals surface area contributed by atoms with E-state index in [2.05, 4.69) is 11.4 Å². The fraction of sp³-hybridized carbons (Fsp3) is 0.440. The molecule has 0 unspecified atom stereocenters. The summed E-state index contributed by atoms with van der Waals surface area (Å²) >= 11 is 7.64. The van der Waals surface area contributed by atoms with Crippen molar-refractivity contribution in [2.75, 3.05) is 5.75 Å². The molecule has 2 aromatic rings. The maximum absolute atomic E-state index is 13.2. The molecule has 0 fully saturated rings. The standard InChI is InChI=1S/C25H33ClN2O2S/c1-5-23(25(30)27-18(2)3)28(17-20-9-6-8-19(4)16-20)24(29)10-7-15-31-22-13-11-21(26)12-14-22/h6,8-9,11-14,16,18,23H,5,7,10,15,17H2,1-4H3,(H,27,30)/t23-/m0/s1. The number of hydrogen-bond acceptors (Lipinski definition) is 3. The predicted octanol–water partition coefficient (Wildman–Crippen LogP) is 5.85. The van der Waals surface area contributed by atoms with Crippen molar-refractivity contribution >= 4 is 35.2 Å². The van der Waals surface area contributed by atoms with Gasteiger partial charge in [0.1, 0.15) is 6.04 Å². The van der Waals surface area contributed by atoms with E-state index in [4.69, 9.17) is 11.6 Å². The van der Waals surface area contributed by atoms with Crippen LogP contribution in [0.3, 0.4) is 0 Å². The summed E-state index contributed by atoms with van der Waals surface area (Å²) in [6.07, 6.45) is 1.74. The van der Waals surface area contributed by atoms with Crippen molar-refractivity contribution < 1.29 is 9.59 Å². The quantitative estimate of drug-likeness (QED) is 0.338. The van der Waals surface area contributed by atoms with Crippen molar-refractivity contribution in [1.82, 2.24) is 10.2 Å². The highest BCUT2D eigenvalue weighted by molar-refractivity contribution is 7.99. The van der Waals surface area contributed by atoms with Gasteiger partial charge in [0, 0.05) is 28.9 Å². The van der Waals surface area contributed by atoms with Crippen molar-refractivity contribution in [3.63, 3.8) is 0 Å². The molecule has 0 aromatic heterocycles. The van der Waals surface area contributed by atoms with Crippen LogP contribution in [0.4, 0.5) is 0 Å². The van der Waals surface area contributed by atoms with Crippen molar-refractivity contribution in [1.29, 1.82) is 0 Å². The minimum Gasteiger partial charge on any atom is -0.352 e. The minimum atomic E-state index is -0.473. The molecule has 0 aliphatic rings. The highest BCUT2D eigenvalue weighted by atomic mass is 35.5. The van der Waals surface area contributed by atoms with Crippen molar-refractivity contribution in [2.24, 2.45) is 0 Å². The normalized spacial score (nSPS) is 11.9. The molecule has 31 heavy (non-hydrogen) atoms. The zero-order valence-electron chi connectivity index (χ0n) is 18.9. The second-order valence-corrected chi connectivity index (χ2v) is 9.61. The van der Waals surface area contributed by atoms with Gasteiger partial charge in [0.05, 0.1) is 0 Å². The number of nitrogens with zero attached hydrogens (tertiary/aromatic N) is 1. The van der Waals surface area contributed by atoms with Crippen LogP contribution in [0.25, 0.3) is 0 Å². The Labute approximate surface area is 195 Å². The maximum Gasteiger partial charge on any atom is 0.243 e. The Hall–Kier alpha value is -1.98. The summed E-state index contributed by atoms with van der Waals surface area (Å²) in [6.45, 7) is 8.30. The lowest BCUT2D eigenvalue weighted by molar-refractivity contribution is -0.141. The zero-order chi connectivity index (χ0) is 22.8. The van der Waals surface area contributed by atoms with E-state index in [0.717, 1.165) is 33.2 Å². The van der Waals surface area contributed by atoms with Crippen LogP contribution in [0, 0.1) is 6.92 Å². The van der Waals surface area contributed by atoms with Gasteiger partial charge in [-0.2, -0.15) is 0 Å². The van der Waals surface area contributed by atoms with Gasteiger partial charge in [-0.05, 0) is 69.2 Å². The third kappa shape index (κ3) is 8.58. The van der Waals surface area contributed by atoms with E-state index in [-0.39, 0.29) is 17.9 Å². The van der Waals surface area contributed by atoms with Crippen LogP contribution in [-0.2, 0) is 16.1 Å². The molecule has 0 heterocycles. The Morgan fingerprint density at radius 1 is 1.13 bits per heavy atom. The van der Waals surface area contributed by atoms with E-state index in [1.165, 1.54) is 0 Å². The lowest BCUT2D eigenvalue weighted by Crippen LogP contribution is -2.50. The molecule has 1 N–H and O–H groups in total. The molecular formula is C25H33ClN2O2S. The smallest absolute Gasteiger partial charge is 0.243 e. The van der Waals surface area contributed by atoms with Crippen LogP contribution in [-0.4, -0.2) is 34.6 Å². The molecule has 4 nitrogen and oxygen atoms in total. The average Bonchev–Trinajstić information content (AvgIpc) is 2.71. The average molecular weight is 461 g/mol. The summed E-state index contributed by atoms with van der Waals surface area (Å²) in [7, 11) is 0. The van der Waals surface area contributed by atoms with Crippen LogP contribution >= 0.6 is 23.4 Å². The first-order chi connectivity index (χ1) is 14.8. The van der Waals surface area contributed by atoms with E-state index in [1.54, 1.807) is 16.7 Å². The third-order valence-electron chi connectivity index (χ3n) is 4.87. The summed E-state index contributed by atoms with van der Waals surface area (Å²) < 4.78 is 0. The molecular weight excluding hydrogens is 428 g/mol. The molecule has 0 spiro atoms. The Morgan fingerprint density at radius 2 is 1.84 bits per heavy atom. The number of rotatable bonds is 11. The number of carbonyl (C=O) groups is 2. The monoisotopic (exact) mass is 460 g/mol. The molecule has 0 bridgehead atoms. The molecule has 2 rings (SSSR count). The second-order valence-electron chi connectivity index (χ2n) is 8.00. The zero-order valence-corrected chi connectivity index (χ0v) is 20.4. The summed E-state index contributed by atoms with van der Waals surface area (Å²) in [6, 6.07) is 15.4. The van der Waals surface area contributed by atoms with E-state index >= 15 is 0 Å². The lowest BCUT2D eigenvalue weighted by Gasteiger charge is -2.31. The third-order valence-corrected chi connectivity index (χ3v) is 6.22. The topological polar surface area (TPSA) is 49.4 Å². The molecule has 2 aromatic carbocycles. The SMILES string of the molecule is CC[C@@H](C(=O)NC(C)C)N(Cc1cccc(C)c1)C(=O)CCCSc1ccc(Cl)cc1. The first-order valence-electron chi connectivity index (χ1n) is 10.8. The van der Waals surface area contributed by atoms with Crippen molar-refractivity contribution in [2.45, 2.75) is 70.5 Å². The summed E-state index contributed by atoms with van der Waals surface area (Å²) in [5.41, 5.74) is 2.18. The van der Waals surface area contributed by atoms with Crippen LogP contribution in [0.2, 0.25) is 5.02 Å². The molecule has 168 valence electrons. The minimum absolute atomic E-state index is 0.0176. The molecule has 6 heteroatoms. The maximum atomic E-state index is 13.2. The van der Waals surface area contributed by atoms with Gasteiger partial charge in [0.15, 0.2) is 0 Å². The summed E-state index contributed by atoms with van der Waals surface area (Å²) in [5, 5.41) is 3.69. The predicted molar refractivity (Wildman–Crippen MR) is 130 cm³/mol. The lowest BCUT2D eigenvalue weighted by atomic mass is 10.1. The number of thioether (sulfide) groups is 1. The number of benzene rings is 2. The van der Waals surface area contributed by atoms with Gasteiger partial charge in [-0.1, -0.05) is 48.4 Å². The van der Waals surface area contributed by atoms with Crippen LogP contribution < -0.4 is 5.32 Å². The Kier molecular flexibility index (Phi) is 10.4. The Bertz CT molecular complexity index is 855. The second kappa shape index (κ2) is 12.8. The number of carbonyl (C=O) groups excluding carboxylic acids is 2. The van der Waals surface area contributed by atoms with Gasteiger partial charge in [-0.15, -0.1) is 11.8 Å². The molecule has 0 aliphatic heterocycles. The molecule has 0 saturated heterocycles. The van der Waals surface area contributed by atoms with Crippen LogP contribution in [0.15, 0.2) is 53.4 Å². The highest BCUT2D eigenvalue weighted by Gasteiger charge is 2.28. The summed E-state index contributed by atoms with van der Waals surface area (Å²) in [5.74, 6) is 0.763. The van der Waals surface area contributed by atoms with Gasteiger partial charge in [0.2, 0.25) is 11.8 Å². The van der Waals surface area contributed by atoms with Crippen molar-refractivity contribution in [3.05, 3.63) is 64.7 Å². The largest absolute Gasteiger partial charge is 0.352 e. The van der Waals surface area contributed by atoms with Gasteiger partial charge in [-0.3, -0.25) is 9.59 Å². The number of halogens is 1. The number of amides is 2. The van der Waals surface area contributed by atoms with E-state index < -0.39 is 6.04 Å². The molecule has 0 saturated carbocycles. The van der Waals surface area contributed by atoms with Gasteiger partial charge >= 0.3 is 0 Å². The van der Waals surface area contributed by atoms with Gasteiger partial charge < -0.3 is 10.2 Å². The molecule has 1 atom stereocenters. The first kappa shape index (κ1) is 25.3. The van der Waals surface area contributed by atoms with E-state index in [0.29, 0.717) is 19.4 Å². The van der Waals surface area contributed by atoms with Crippen molar-refractivity contribution in [3.8, 4) is 0 Å². The van der Waals surface area contributed by atoms with Gasteiger partial charge in [-0.25, -0.2) is 0 Å². The summed E-state index contributed by atoms with van der Waals surface area (Å²) in [4.78, 5) is 28.9. The fourth-order valence-corrected chi connectivity index (χ4v) is 4.37. The number of hydrogen-bond donors (Lipinski definition) is 1. The number of aryl methyl sites for hydroxylation is 1. The van der Waals surface area contributed by atoms with Crippen LogP contribution in [0.1, 0.15) is 51.2 Å². The van der Waals surface area contributed by atoms with Gasteiger partial charge in [0.25, 0.3) is 0 Å². The Morgan fingerprint density at radius 3 is 2.45 bits per heavy atom. The molecule has 2 amide bonds. The van der Waals surface area contributed by atoms with Crippen LogP contribution in [0.5, 0.6) is 0 Å². The Balaban J connectivity index is 2.05. The number of nitrogens with one attached hydrogen (secondary N) is 1.